The number of carbonyl (C=O) groups excluding carboxylic acids is 2. The van der Waals surface area contributed by atoms with Gasteiger partial charge in [-0.2, -0.15) is 0 Å². The molecule has 37 heavy (non-hydrogen) atoms. The number of hydrogen-bond donors (Lipinski definition) is 1. The van der Waals surface area contributed by atoms with Gasteiger partial charge in [-0.25, -0.2) is 4.98 Å². The number of esters is 1. The molecule has 0 aliphatic carbocycles. The van der Waals surface area contributed by atoms with Gasteiger partial charge in [0, 0.05) is 24.5 Å². The average Bonchev–Trinajstić information content (AvgIpc) is 3.31. The summed E-state index contributed by atoms with van der Waals surface area (Å²) in [6, 6.07) is 12.1. The van der Waals surface area contributed by atoms with Crippen molar-refractivity contribution < 1.29 is 33.3 Å². The highest BCUT2D eigenvalue weighted by Crippen LogP contribution is 2.31. The molecule has 11 heteroatoms. The lowest BCUT2D eigenvalue weighted by Crippen LogP contribution is -2.18. The molecule has 0 unspecified atom stereocenters. The minimum Gasteiger partial charge on any atom is -0.497 e. The molecule has 1 atom stereocenters. The zero-order valence-electron chi connectivity index (χ0n) is 21.1. The molecule has 0 aliphatic rings. The maximum absolute atomic E-state index is 13.1. The van der Waals surface area contributed by atoms with Crippen molar-refractivity contribution in [3.05, 3.63) is 54.2 Å². The lowest BCUT2D eigenvalue weighted by Gasteiger charge is -2.16. The van der Waals surface area contributed by atoms with E-state index in [0.29, 0.717) is 59.1 Å². The van der Waals surface area contributed by atoms with Crippen LogP contribution in [0.1, 0.15) is 30.6 Å². The van der Waals surface area contributed by atoms with Crippen LogP contribution in [0.2, 0.25) is 0 Å². The molecule has 0 fully saturated rings. The largest absolute Gasteiger partial charge is 0.497 e. The van der Waals surface area contributed by atoms with Crippen molar-refractivity contribution in [3.63, 3.8) is 0 Å². The Bertz CT molecular complexity index is 1170. The van der Waals surface area contributed by atoms with E-state index in [2.05, 4.69) is 10.3 Å². The van der Waals surface area contributed by atoms with Crippen LogP contribution in [0.4, 0.5) is 5.13 Å². The number of benzene rings is 2. The average molecular weight is 547 g/mol. The Hall–Kier alpha value is -3.28. The number of nitrogens with one attached hydrogen (secondary N) is 1. The zero-order chi connectivity index (χ0) is 26.6. The number of aromatic nitrogens is 1. The summed E-state index contributed by atoms with van der Waals surface area (Å²) in [5, 5.41) is 3.27. The molecular formula is C26H30N2O7S2. The third kappa shape index (κ3) is 9.27. The molecule has 3 aromatic rings. The highest BCUT2D eigenvalue weighted by molar-refractivity contribution is 8.01. The van der Waals surface area contributed by atoms with Crippen LogP contribution in [0.5, 0.6) is 23.0 Å². The minimum atomic E-state index is -0.359. The van der Waals surface area contributed by atoms with Crippen LogP contribution in [0.3, 0.4) is 0 Å². The molecule has 0 bridgehead atoms. The lowest BCUT2D eigenvalue weighted by molar-refractivity contribution is -0.142. The van der Waals surface area contributed by atoms with Gasteiger partial charge < -0.3 is 23.7 Å². The summed E-state index contributed by atoms with van der Waals surface area (Å²) < 4.78 is 28.1. The Morgan fingerprint density at radius 3 is 2.49 bits per heavy atom. The Morgan fingerprint density at radius 2 is 1.78 bits per heavy atom. The number of amides is 1. The summed E-state index contributed by atoms with van der Waals surface area (Å²) in [6.07, 6.45) is 1.74. The van der Waals surface area contributed by atoms with Crippen LogP contribution in [0, 0.1) is 0 Å². The Labute approximate surface area is 224 Å². The maximum atomic E-state index is 13.1. The fourth-order valence-corrected chi connectivity index (χ4v) is 5.00. The van der Waals surface area contributed by atoms with Gasteiger partial charge in [-0.05, 0) is 50.2 Å². The van der Waals surface area contributed by atoms with Gasteiger partial charge in [0.1, 0.15) is 29.1 Å². The van der Waals surface area contributed by atoms with E-state index in [9.17, 15) is 9.59 Å². The molecular weight excluding hydrogens is 516 g/mol. The Kier molecular flexibility index (Phi) is 11.1. The molecule has 0 saturated carbocycles. The van der Waals surface area contributed by atoms with E-state index in [-0.39, 0.29) is 18.0 Å². The molecule has 2 aromatic carbocycles. The van der Waals surface area contributed by atoms with E-state index in [1.54, 1.807) is 69.8 Å². The Morgan fingerprint density at radius 1 is 1.05 bits per heavy atom. The summed E-state index contributed by atoms with van der Waals surface area (Å²) in [6.45, 7) is 4.40. The number of ether oxygens (including phenoxy) is 5. The second-order valence-corrected chi connectivity index (χ2v) is 10.1. The van der Waals surface area contributed by atoms with E-state index in [1.807, 2.05) is 6.92 Å². The van der Waals surface area contributed by atoms with Crippen LogP contribution < -0.4 is 19.5 Å². The standard InChI is InChI=1S/C26H30N2O7S2/c1-5-33-23(29)10-11-36-24-15-27-26(37-24)28-25(30)18-12-21(34-17(2)16-31-3)14-22(13-18)35-20-8-6-19(32-4)7-9-20/h6-9,12-15,17H,5,10-11,16H2,1-4H3,(H,27,28,30)/t17-/m0/s1. The molecule has 1 aromatic heterocycles. The van der Waals surface area contributed by atoms with Crippen molar-refractivity contribution in [3.8, 4) is 23.0 Å². The van der Waals surface area contributed by atoms with Crippen LogP contribution in [0.25, 0.3) is 0 Å². The van der Waals surface area contributed by atoms with Gasteiger partial charge in [0.2, 0.25) is 0 Å². The number of hydrogen-bond acceptors (Lipinski definition) is 10. The molecule has 1 heterocycles. The predicted octanol–water partition coefficient (Wildman–Crippen LogP) is 5.66. The van der Waals surface area contributed by atoms with Crippen molar-refractivity contribution in [2.24, 2.45) is 0 Å². The third-order valence-corrected chi connectivity index (χ3v) is 6.85. The van der Waals surface area contributed by atoms with Crippen molar-refractivity contribution in [1.82, 2.24) is 4.98 Å². The molecule has 0 radical (unpaired) electrons. The first-order chi connectivity index (χ1) is 17.9. The number of thioether (sulfide) groups is 1. The van der Waals surface area contributed by atoms with E-state index in [1.165, 1.54) is 23.1 Å². The smallest absolute Gasteiger partial charge is 0.306 e. The van der Waals surface area contributed by atoms with Crippen LogP contribution in [-0.2, 0) is 14.3 Å². The Balaban J connectivity index is 1.71. The first-order valence-electron chi connectivity index (χ1n) is 11.6. The highest BCUT2D eigenvalue weighted by Gasteiger charge is 2.15. The molecule has 9 nitrogen and oxygen atoms in total. The van der Waals surface area contributed by atoms with E-state index < -0.39 is 0 Å². The second kappa shape index (κ2) is 14.5. The molecule has 0 aliphatic heterocycles. The summed E-state index contributed by atoms with van der Waals surface area (Å²) in [7, 11) is 3.19. The van der Waals surface area contributed by atoms with Crippen LogP contribution in [0.15, 0.2) is 52.9 Å². The minimum absolute atomic E-state index is 0.231. The van der Waals surface area contributed by atoms with Gasteiger partial charge in [-0.15, -0.1) is 11.8 Å². The fourth-order valence-electron chi connectivity index (χ4n) is 3.13. The van der Waals surface area contributed by atoms with E-state index in [0.717, 1.165) is 4.21 Å². The molecule has 0 spiro atoms. The predicted molar refractivity (Wildman–Crippen MR) is 144 cm³/mol. The summed E-state index contributed by atoms with van der Waals surface area (Å²) in [4.78, 5) is 28.9. The lowest BCUT2D eigenvalue weighted by atomic mass is 10.2. The number of methoxy groups -OCH3 is 2. The number of rotatable bonds is 14. The quantitative estimate of drug-likeness (QED) is 0.203. The SMILES string of the molecule is CCOC(=O)CCSc1cnc(NC(=O)c2cc(Oc3ccc(OC)cc3)cc(O[C@@H](C)COC)c2)s1. The normalized spacial score (nSPS) is 11.5. The molecule has 1 amide bonds. The molecule has 1 N–H and O–H groups in total. The first-order valence-corrected chi connectivity index (χ1v) is 13.4. The number of carbonyl (C=O) groups is 2. The van der Waals surface area contributed by atoms with Gasteiger partial charge in [0.25, 0.3) is 5.91 Å². The fraction of sp³-hybridized carbons (Fsp3) is 0.346. The van der Waals surface area contributed by atoms with Crippen molar-refractivity contribution in [2.75, 3.05) is 38.5 Å². The van der Waals surface area contributed by atoms with Crippen molar-refractivity contribution >= 4 is 40.1 Å². The van der Waals surface area contributed by atoms with Gasteiger partial charge in [0.15, 0.2) is 5.13 Å². The zero-order valence-corrected chi connectivity index (χ0v) is 22.8. The molecule has 3 rings (SSSR count). The van der Waals surface area contributed by atoms with E-state index in [4.69, 9.17) is 23.7 Å². The van der Waals surface area contributed by atoms with E-state index >= 15 is 0 Å². The van der Waals surface area contributed by atoms with Crippen LogP contribution in [-0.4, -0.2) is 56.2 Å². The monoisotopic (exact) mass is 546 g/mol. The first kappa shape index (κ1) is 28.3. The van der Waals surface area contributed by atoms with Gasteiger partial charge in [0.05, 0.1) is 37.2 Å². The number of anilines is 1. The summed E-state index contributed by atoms with van der Waals surface area (Å²) in [5.74, 6) is 2.17. The van der Waals surface area contributed by atoms with Crippen molar-refractivity contribution in [2.45, 2.75) is 30.6 Å². The highest BCUT2D eigenvalue weighted by atomic mass is 32.2. The topological polar surface area (TPSA) is 105 Å². The molecule has 0 saturated heterocycles. The number of nitrogens with zero attached hydrogens (tertiary/aromatic N) is 1. The maximum Gasteiger partial charge on any atom is 0.306 e. The third-order valence-electron chi connectivity index (χ3n) is 4.74. The number of thiazole rings is 1. The van der Waals surface area contributed by atoms with Crippen molar-refractivity contribution in [1.29, 1.82) is 0 Å². The molecule has 198 valence electrons. The second-order valence-electron chi connectivity index (χ2n) is 7.70. The summed E-state index contributed by atoms with van der Waals surface area (Å²) in [5.41, 5.74) is 0.345. The van der Waals surface area contributed by atoms with Gasteiger partial charge in [-0.1, -0.05) is 11.3 Å². The van der Waals surface area contributed by atoms with Crippen LogP contribution >= 0.6 is 23.1 Å². The van der Waals surface area contributed by atoms with Gasteiger partial charge in [-0.3, -0.25) is 14.9 Å². The van der Waals surface area contributed by atoms with Gasteiger partial charge >= 0.3 is 5.97 Å². The summed E-state index contributed by atoms with van der Waals surface area (Å²) >= 11 is 2.81.